The van der Waals surface area contributed by atoms with E-state index in [-0.39, 0.29) is 0 Å². The van der Waals surface area contributed by atoms with Gasteiger partial charge in [0.05, 0.1) is 0 Å². The van der Waals surface area contributed by atoms with Crippen molar-refractivity contribution in [2.24, 2.45) is 0 Å². The molecule has 0 aromatic heterocycles. The summed E-state index contributed by atoms with van der Waals surface area (Å²) >= 11 is 0. The van der Waals surface area contributed by atoms with Crippen LogP contribution in [0, 0.1) is 6.92 Å². The van der Waals surface area contributed by atoms with Gasteiger partial charge in [-0.05, 0) is 54.9 Å². The van der Waals surface area contributed by atoms with Crippen molar-refractivity contribution in [2.45, 2.75) is 59.3 Å². The predicted molar refractivity (Wildman–Crippen MR) is 93.8 cm³/mol. The Morgan fingerprint density at radius 3 is 1.76 bits per heavy atom. The highest BCUT2D eigenvalue weighted by atomic mass is 14.2. The van der Waals surface area contributed by atoms with Crippen LogP contribution in [-0.2, 0) is 12.8 Å². The first-order valence-electron chi connectivity index (χ1n) is 8.44. The molecule has 0 heterocycles. The van der Waals surface area contributed by atoms with E-state index in [1.54, 1.807) is 0 Å². The van der Waals surface area contributed by atoms with Crippen LogP contribution in [0.25, 0.3) is 11.1 Å². The topological polar surface area (TPSA) is 0 Å². The van der Waals surface area contributed by atoms with Crippen LogP contribution in [0.3, 0.4) is 0 Å². The molecule has 0 saturated carbocycles. The first-order valence-corrected chi connectivity index (χ1v) is 8.44. The minimum absolute atomic E-state index is 1.20. The molecule has 0 atom stereocenters. The Balaban J connectivity index is 2.49. The zero-order valence-electron chi connectivity index (χ0n) is 13.8. The van der Waals surface area contributed by atoms with E-state index < -0.39 is 0 Å². The molecule has 0 aliphatic carbocycles. The number of benzene rings is 2. The van der Waals surface area contributed by atoms with E-state index in [4.69, 9.17) is 0 Å². The Hall–Kier alpha value is -1.56. The van der Waals surface area contributed by atoms with E-state index in [2.05, 4.69) is 63.2 Å². The molecule has 0 amide bonds. The van der Waals surface area contributed by atoms with E-state index >= 15 is 0 Å². The van der Waals surface area contributed by atoms with Gasteiger partial charge in [0.25, 0.3) is 0 Å². The molecule has 0 nitrogen and oxygen atoms in total. The van der Waals surface area contributed by atoms with Gasteiger partial charge in [0.15, 0.2) is 0 Å². The van der Waals surface area contributed by atoms with Crippen molar-refractivity contribution in [3.63, 3.8) is 0 Å². The first-order chi connectivity index (χ1) is 10.3. The molecule has 0 saturated heterocycles. The molecule has 21 heavy (non-hydrogen) atoms. The molecule has 0 unspecified atom stereocenters. The summed E-state index contributed by atoms with van der Waals surface area (Å²) in [5.41, 5.74) is 7.37. The third-order valence-corrected chi connectivity index (χ3v) is 4.11. The Morgan fingerprint density at radius 2 is 1.29 bits per heavy atom. The fourth-order valence-electron chi connectivity index (χ4n) is 3.05. The molecule has 0 N–H and O–H groups in total. The third kappa shape index (κ3) is 4.20. The smallest absolute Gasteiger partial charge is 0.0120 e. The maximum absolute atomic E-state index is 2.40. The molecular weight excluding hydrogens is 252 g/mol. The highest BCUT2D eigenvalue weighted by Gasteiger charge is 2.11. The van der Waals surface area contributed by atoms with E-state index in [9.17, 15) is 0 Å². The molecule has 2 rings (SSSR count). The summed E-state index contributed by atoms with van der Waals surface area (Å²) in [5.74, 6) is 0. The van der Waals surface area contributed by atoms with Crippen molar-refractivity contribution in [1.29, 1.82) is 0 Å². The molecule has 2 aromatic carbocycles. The quantitative estimate of drug-likeness (QED) is 0.554. The normalized spacial score (nSPS) is 10.8. The second-order valence-electron chi connectivity index (χ2n) is 6.03. The van der Waals surface area contributed by atoms with Crippen LogP contribution >= 0.6 is 0 Å². The molecule has 0 aliphatic rings. The summed E-state index contributed by atoms with van der Waals surface area (Å²) in [4.78, 5) is 0. The summed E-state index contributed by atoms with van der Waals surface area (Å²) in [7, 11) is 0. The maximum atomic E-state index is 2.40. The van der Waals surface area contributed by atoms with Gasteiger partial charge in [-0.1, -0.05) is 74.7 Å². The van der Waals surface area contributed by atoms with Gasteiger partial charge in [-0.3, -0.25) is 0 Å². The first kappa shape index (κ1) is 15.8. The Kier molecular flexibility index (Phi) is 6.04. The van der Waals surface area contributed by atoms with Crippen molar-refractivity contribution in [2.75, 3.05) is 0 Å². The summed E-state index contributed by atoms with van der Waals surface area (Å²) in [6.45, 7) is 6.78. The van der Waals surface area contributed by atoms with E-state index in [1.165, 1.54) is 66.3 Å². The van der Waals surface area contributed by atoms with Gasteiger partial charge in [0.2, 0.25) is 0 Å². The molecule has 0 radical (unpaired) electrons. The Morgan fingerprint density at radius 1 is 0.762 bits per heavy atom. The predicted octanol–water partition coefficient (Wildman–Crippen LogP) is 6.35. The van der Waals surface area contributed by atoms with Crippen molar-refractivity contribution in [3.8, 4) is 11.1 Å². The summed E-state index contributed by atoms with van der Waals surface area (Å²) in [5, 5.41) is 0. The van der Waals surface area contributed by atoms with Crippen LogP contribution < -0.4 is 0 Å². The van der Waals surface area contributed by atoms with Crippen molar-refractivity contribution in [1.82, 2.24) is 0 Å². The summed E-state index contributed by atoms with van der Waals surface area (Å²) < 4.78 is 0. The van der Waals surface area contributed by atoms with Crippen LogP contribution in [0.15, 0.2) is 42.5 Å². The van der Waals surface area contributed by atoms with Crippen LogP contribution in [0.2, 0.25) is 0 Å². The standard InChI is InChI=1S/C21H28/c1-4-6-11-19-15-17(3)16-20(12-7-5-2)21(19)18-13-9-8-10-14-18/h8-10,13-16H,4-7,11-12H2,1-3H3. The zero-order chi connectivity index (χ0) is 15.1. The Bertz CT molecular complexity index is 523. The molecule has 112 valence electrons. The van der Waals surface area contributed by atoms with Crippen LogP contribution in [0.5, 0.6) is 0 Å². The lowest BCUT2D eigenvalue weighted by Gasteiger charge is -2.17. The molecule has 0 heteroatoms. The summed E-state index contributed by atoms with van der Waals surface area (Å²) in [6, 6.07) is 15.7. The average Bonchev–Trinajstić information content (AvgIpc) is 2.51. The maximum Gasteiger partial charge on any atom is -0.0120 e. The van der Waals surface area contributed by atoms with Gasteiger partial charge in [-0.15, -0.1) is 0 Å². The minimum Gasteiger partial charge on any atom is -0.0654 e. The van der Waals surface area contributed by atoms with Crippen molar-refractivity contribution >= 4 is 0 Å². The van der Waals surface area contributed by atoms with E-state index in [1.807, 2.05) is 0 Å². The molecule has 0 fully saturated rings. The Labute approximate surface area is 130 Å². The van der Waals surface area contributed by atoms with Gasteiger partial charge in [0.1, 0.15) is 0 Å². The fraction of sp³-hybridized carbons (Fsp3) is 0.429. The van der Waals surface area contributed by atoms with Gasteiger partial charge in [-0.25, -0.2) is 0 Å². The molecule has 0 bridgehead atoms. The monoisotopic (exact) mass is 280 g/mol. The van der Waals surface area contributed by atoms with Gasteiger partial charge in [0, 0.05) is 0 Å². The lowest BCUT2D eigenvalue weighted by atomic mass is 9.88. The number of rotatable bonds is 7. The van der Waals surface area contributed by atoms with Crippen LogP contribution in [-0.4, -0.2) is 0 Å². The highest BCUT2D eigenvalue weighted by Crippen LogP contribution is 2.31. The van der Waals surface area contributed by atoms with E-state index in [0.717, 1.165) is 0 Å². The SMILES string of the molecule is CCCCc1cc(C)cc(CCCC)c1-c1ccccc1. The van der Waals surface area contributed by atoms with Crippen molar-refractivity contribution < 1.29 is 0 Å². The number of hydrogen-bond acceptors (Lipinski definition) is 0. The number of aryl methyl sites for hydroxylation is 3. The van der Waals surface area contributed by atoms with Crippen LogP contribution in [0.4, 0.5) is 0 Å². The molecular formula is C21H28. The molecule has 0 spiro atoms. The lowest BCUT2D eigenvalue weighted by molar-refractivity contribution is 0.781. The van der Waals surface area contributed by atoms with Crippen molar-refractivity contribution in [3.05, 3.63) is 59.2 Å². The number of hydrogen-bond donors (Lipinski definition) is 0. The number of unbranched alkanes of at least 4 members (excludes halogenated alkanes) is 2. The lowest BCUT2D eigenvalue weighted by Crippen LogP contribution is -1.99. The van der Waals surface area contributed by atoms with E-state index in [0.29, 0.717) is 0 Å². The van der Waals surface area contributed by atoms with Gasteiger partial charge >= 0.3 is 0 Å². The summed E-state index contributed by atoms with van der Waals surface area (Å²) in [6.07, 6.45) is 7.45. The third-order valence-electron chi connectivity index (χ3n) is 4.11. The van der Waals surface area contributed by atoms with Crippen LogP contribution in [0.1, 0.15) is 56.2 Å². The molecule has 2 aromatic rings. The highest BCUT2D eigenvalue weighted by molar-refractivity contribution is 5.72. The second-order valence-corrected chi connectivity index (χ2v) is 6.03. The second kappa shape index (κ2) is 8.02. The average molecular weight is 280 g/mol. The largest absolute Gasteiger partial charge is 0.0654 e. The zero-order valence-corrected chi connectivity index (χ0v) is 13.8. The van der Waals surface area contributed by atoms with Gasteiger partial charge in [-0.2, -0.15) is 0 Å². The minimum atomic E-state index is 1.20. The molecule has 0 aliphatic heterocycles. The fourth-order valence-corrected chi connectivity index (χ4v) is 3.05. The van der Waals surface area contributed by atoms with Gasteiger partial charge < -0.3 is 0 Å².